The van der Waals surface area contributed by atoms with Crippen LogP contribution in [0.5, 0.6) is 5.75 Å². The van der Waals surface area contributed by atoms with E-state index in [0.29, 0.717) is 36.1 Å². The molecule has 1 N–H and O–H groups in total. The third-order valence-electron chi connectivity index (χ3n) is 5.80. The van der Waals surface area contributed by atoms with Crippen molar-refractivity contribution in [2.45, 2.75) is 39.2 Å². The number of hydrogen-bond acceptors (Lipinski definition) is 3. The van der Waals surface area contributed by atoms with Crippen molar-refractivity contribution in [3.8, 4) is 5.75 Å². The first kappa shape index (κ1) is 23.8. The number of fused-ring (bicyclic) bond motifs is 1. The highest BCUT2D eigenvalue weighted by Gasteiger charge is 2.12. The van der Waals surface area contributed by atoms with E-state index >= 15 is 0 Å². The maximum absolute atomic E-state index is 12.4. The van der Waals surface area contributed by atoms with Gasteiger partial charge >= 0.3 is 0 Å². The van der Waals surface area contributed by atoms with E-state index in [0.717, 1.165) is 35.6 Å². The van der Waals surface area contributed by atoms with E-state index in [9.17, 15) is 4.79 Å². The molecule has 0 aliphatic carbocycles. The smallest absolute Gasteiger partial charge is 0.251 e. The molecule has 3 aromatic carbocycles. The molecule has 34 heavy (non-hydrogen) atoms. The minimum atomic E-state index is -0.137. The number of para-hydroxylation sites is 2. The van der Waals surface area contributed by atoms with Gasteiger partial charge < -0.3 is 14.6 Å². The van der Waals surface area contributed by atoms with Gasteiger partial charge in [0.25, 0.3) is 5.91 Å². The Balaban J connectivity index is 1.35. The summed E-state index contributed by atoms with van der Waals surface area (Å²) in [6.07, 6.45) is 1.49. The van der Waals surface area contributed by atoms with Gasteiger partial charge in [0.15, 0.2) is 0 Å². The number of hydrogen-bond donors (Lipinski definition) is 1. The number of amides is 1. The number of rotatable bonds is 10. The van der Waals surface area contributed by atoms with Gasteiger partial charge in [-0.05, 0) is 60.4 Å². The number of nitrogens with zero attached hydrogens (tertiary/aromatic N) is 2. The Labute approximate surface area is 205 Å². The lowest BCUT2D eigenvalue weighted by molar-refractivity contribution is 0.0954. The number of ether oxygens (including phenoxy) is 1. The highest BCUT2D eigenvalue weighted by Crippen LogP contribution is 2.20. The number of carbonyl (C=O) groups is 1. The van der Waals surface area contributed by atoms with Gasteiger partial charge in [-0.15, -0.1) is 0 Å². The maximum atomic E-state index is 12.4. The minimum absolute atomic E-state index is 0.137. The fourth-order valence-electron chi connectivity index (χ4n) is 3.95. The number of benzene rings is 3. The molecule has 0 unspecified atom stereocenters. The van der Waals surface area contributed by atoms with Crippen LogP contribution in [-0.2, 0) is 13.0 Å². The Bertz CT molecular complexity index is 1250. The molecule has 4 aromatic rings. The van der Waals surface area contributed by atoms with Crippen LogP contribution in [0.15, 0.2) is 72.8 Å². The van der Waals surface area contributed by atoms with E-state index in [1.807, 2.05) is 30.3 Å². The van der Waals surface area contributed by atoms with Crippen molar-refractivity contribution in [2.75, 3.05) is 13.2 Å². The van der Waals surface area contributed by atoms with Crippen molar-refractivity contribution in [3.05, 3.63) is 94.8 Å². The van der Waals surface area contributed by atoms with Crippen LogP contribution in [0.1, 0.15) is 47.9 Å². The summed E-state index contributed by atoms with van der Waals surface area (Å²) in [4.78, 5) is 17.2. The molecule has 4 rings (SSSR count). The van der Waals surface area contributed by atoms with Gasteiger partial charge in [0.2, 0.25) is 0 Å². The number of halogens is 1. The minimum Gasteiger partial charge on any atom is -0.494 e. The van der Waals surface area contributed by atoms with Crippen molar-refractivity contribution >= 4 is 28.5 Å². The maximum Gasteiger partial charge on any atom is 0.251 e. The highest BCUT2D eigenvalue weighted by atomic mass is 35.5. The van der Waals surface area contributed by atoms with E-state index in [2.05, 4.69) is 41.9 Å². The van der Waals surface area contributed by atoms with Gasteiger partial charge in [0, 0.05) is 30.1 Å². The topological polar surface area (TPSA) is 56.1 Å². The average molecular weight is 476 g/mol. The molecule has 0 aliphatic rings. The van der Waals surface area contributed by atoms with Crippen molar-refractivity contribution in [3.63, 3.8) is 0 Å². The van der Waals surface area contributed by atoms with Crippen molar-refractivity contribution in [1.29, 1.82) is 0 Å². The Morgan fingerprint density at radius 1 is 1.06 bits per heavy atom. The van der Waals surface area contributed by atoms with E-state index < -0.39 is 0 Å². The average Bonchev–Trinajstić information content (AvgIpc) is 3.19. The second kappa shape index (κ2) is 11.2. The highest BCUT2D eigenvalue weighted by molar-refractivity contribution is 6.30. The largest absolute Gasteiger partial charge is 0.494 e. The van der Waals surface area contributed by atoms with Gasteiger partial charge in [-0.3, -0.25) is 4.79 Å². The normalized spacial score (nSPS) is 11.2. The molecule has 0 spiro atoms. The molecule has 0 radical (unpaired) electrons. The van der Waals surface area contributed by atoms with Gasteiger partial charge in [-0.1, -0.05) is 55.8 Å². The van der Waals surface area contributed by atoms with E-state index in [-0.39, 0.29) is 5.91 Å². The van der Waals surface area contributed by atoms with Crippen LogP contribution in [-0.4, -0.2) is 28.6 Å². The van der Waals surface area contributed by atoms with Gasteiger partial charge in [-0.25, -0.2) is 4.98 Å². The van der Waals surface area contributed by atoms with Crippen molar-refractivity contribution < 1.29 is 9.53 Å². The predicted octanol–water partition coefficient (Wildman–Crippen LogP) is 6.25. The predicted molar refractivity (Wildman–Crippen MR) is 138 cm³/mol. The number of aryl methyl sites for hydroxylation is 1. The fourth-order valence-corrected chi connectivity index (χ4v) is 4.14. The number of carbonyl (C=O) groups excluding carboxylic acids is 1. The molecular weight excluding hydrogens is 446 g/mol. The summed E-state index contributed by atoms with van der Waals surface area (Å²) in [5.41, 5.74) is 3.92. The quantitative estimate of drug-likeness (QED) is 0.275. The summed E-state index contributed by atoms with van der Waals surface area (Å²) in [5.74, 6) is 2.22. The molecule has 0 atom stereocenters. The lowest BCUT2D eigenvalue weighted by Crippen LogP contribution is -2.26. The molecule has 1 aromatic heterocycles. The first-order valence-electron chi connectivity index (χ1n) is 11.7. The standard InChI is InChI=1S/C28H30ClN3O2/c1-20(2)21-11-13-24(14-12-21)34-18-6-17-32-26-10-4-3-9-25(26)31-27(32)15-16-30-28(33)22-7-5-8-23(29)19-22/h3-5,7-14,19-20H,6,15-18H2,1-2H3,(H,30,33). The third kappa shape index (κ3) is 5.97. The van der Waals surface area contributed by atoms with E-state index in [1.54, 1.807) is 24.3 Å². The zero-order valence-electron chi connectivity index (χ0n) is 19.6. The molecule has 176 valence electrons. The summed E-state index contributed by atoms with van der Waals surface area (Å²) < 4.78 is 8.19. The van der Waals surface area contributed by atoms with Crippen LogP contribution in [0.25, 0.3) is 11.0 Å². The summed E-state index contributed by atoms with van der Waals surface area (Å²) >= 11 is 6.00. The fraction of sp³-hybridized carbons (Fsp3) is 0.286. The number of imidazole rings is 1. The summed E-state index contributed by atoms with van der Waals surface area (Å²) in [7, 11) is 0. The molecule has 6 heteroatoms. The van der Waals surface area contributed by atoms with Crippen LogP contribution in [0.3, 0.4) is 0 Å². The Morgan fingerprint density at radius 2 is 1.85 bits per heavy atom. The number of aromatic nitrogens is 2. The Morgan fingerprint density at radius 3 is 2.62 bits per heavy atom. The summed E-state index contributed by atoms with van der Waals surface area (Å²) in [5, 5.41) is 3.52. The Kier molecular flexibility index (Phi) is 7.86. The van der Waals surface area contributed by atoms with Crippen LogP contribution in [0, 0.1) is 0 Å². The molecule has 0 bridgehead atoms. The second-order valence-corrected chi connectivity index (χ2v) is 9.05. The lowest BCUT2D eigenvalue weighted by atomic mass is 10.0. The zero-order valence-corrected chi connectivity index (χ0v) is 20.4. The molecule has 5 nitrogen and oxygen atoms in total. The van der Waals surface area contributed by atoms with Gasteiger partial charge in [0.1, 0.15) is 11.6 Å². The van der Waals surface area contributed by atoms with E-state index in [4.69, 9.17) is 21.3 Å². The SMILES string of the molecule is CC(C)c1ccc(OCCCn2c(CCNC(=O)c3cccc(Cl)c3)nc3ccccc32)cc1. The summed E-state index contributed by atoms with van der Waals surface area (Å²) in [6.45, 7) is 6.28. The first-order chi connectivity index (χ1) is 16.5. The van der Waals surface area contributed by atoms with Crippen LogP contribution < -0.4 is 10.1 Å². The summed E-state index contributed by atoms with van der Waals surface area (Å²) in [6, 6.07) is 23.4. The van der Waals surface area contributed by atoms with Gasteiger partial charge in [0.05, 0.1) is 17.6 Å². The van der Waals surface area contributed by atoms with Crippen molar-refractivity contribution in [2.24, 2.45) is 0 Å². The molecular formula is C28H30ClN3O2. The molecule has 1 heterocycles. The first-order valence-corrected chi connectivity index (χ1v) is 12.1. The van der Waals surface area contributed by atoms with E-state index in [1.165, 1.54) is 5.56 Å². The zero-order chi connectivity index (χ0) is 23.9. The van der Waals surface area contributed by atoms with Crippen molar-refractivity contribution in [1.82, 2.24) is 14.9 Å². The molecule has 0 aliphatic heterocycles. The molecule has 0 saturated carbocycles. The third-order valence-corrected chi connectivity index (χ3v) is 6.03. The molecule has 1 amide bonds. The van der Waals surface area contributed by atoms with Crippen LogP contribution in [0.4, 0.5) is 0 Å². The monoisotopic (exact) mass is 475 g/mol. The van der Waals surface area contributed by atoms with Crippen LogP contribution in [0.2, 0.25) is 5.02 Å². The number of nitrogens with one attached hydrogen (secondary N) is 1. The van der Waals surface area contributed by atoms with Crippen LogP contribution >= 0.6 is 11.6 Å². The molecule has 0 fully saturated rings. The lowest BCUT2D eigenvalue weighted by Gasteiger charge is -2.12. The van der Waals surface area contributed by atoms with Gasteiger partial charge in [-0.2, -0.15) is 0 Å². The Hall–Kier alpha value is -3.31. The molecule has 0 saturated heterocycles. The second-order valence-electron chi connectivity index (χ2n) is 8.61.